The van der Waals surface area contributed by atoms with Crippen LogP contribution in [0.25, 0.3) is 5.76 Å². The van der Waals surface area contributed by atoms with E-state index in [1.807, 2.05) is 0 Å². The summed E-state index contributed by atoms with van der Waals surface area (Å²) >= 11 is 24.7. The lowest BCUT2D eigenvalue weighted by Gasteiger charge is -2.25. The van der Waals surface area contributed by atoms with E-state index in [0.717, 1.165) is 11.0 Å². The van der Waals surface area contributed by atoms with Crippen LogP contribution in [0.15, 0.2) is 60.2 Å². The van der Waals surface area contributed by atoms with Crippen LogP contribution in [0.1, 0.15) is 17.2 Å². The third-order valence-corrected chi connectivity index (χ3v) is 6.57. The van der Waals surface area contributed by atoms with Crippen LogP contribution in [0, 0.1) is 5.82 Å². The zero-order valence-corrected chi connectivity index (χ0v) is 20.3. The van der Waals surface area contributed by atoms with E-state index in [1.165, 1.54) is 49.6 Å². The first-order valence-electron chi connectivity index (χ1n) is 9.69. The molecular weight excluding hydrogens is 527 g/mol. The molecule has 1 unspecified atom stereocenters. The number of Topliss-reactive ketones (excluding diaryl/α,β-unsaturated/α-hetero) is 1. The summed E-state index contributed by atoms with van der Waals surface area (Å²) in [4.78, 5) is 27.4. The molecule has 174 valence electrons. The topological polar surface area (TPSA) is 66.8 Å². The van der Waals surface area contributed by atoms with Crippen LogP contribution >= 0.6 is 46.4 Å². The second kappa shape index (κ2) is 9.47. The molecule has 1 atom stereocenters. The van der Waals surface area contributed by atoms with Crippen molar-refractivity contribution >= 4 is 69.5 Å². The lowest BCUT2D eigenvalue weighted by atomic mass is 9.95. The number of aliphatic hydroxyl groups excluding tert-OH is 1. The maximum absolute atomic E-state index is 14.0. The minimum Gasteiger partial charge on any atom is -0.507 e. The Balaban J connectivity index is 1.99. The molecule has 0 aromatic heterocycles. The Hall–Kier alpha value is -2.77. The molecule has 0 saturated carbocycles. The van der Waals surface area contributed by atoms with Crippen LogP contribution in [0.4, 0.5) is 10.1 Å². The zero-order valence-electron chi connectivity index (χ0n) is 17.3. The third kappa shape index (κ3) is 4.23. The molecule has 1 amide bonds. The van der Waals surface area contributed by atoms with Gasteiger partial charge >= 0.3 is 0 Å². The number of carbonyl (C=O) groups excluding carboxylic acids is 2. The molecule has 34 heavy (non-hydrogen) atoms. The van der Waals surface area contributed by atoms with Crippen molar-refractivity contribution in [2.75, 3.05) is 12.0 Å². The number of ether oxygens (including phenoxy) is 1. The Bertz CT molecular complexity index is 1350. The number of nitrogens with zero attached hydrogens (tertiary/aromatic N) is 1. The quantitative estimate of drug-likeness (QED) is 0.218. The standard InChI is InChI=1S/C24H14Cl4FNO4/c1-34-23-17(27)8-12(9-18(23)28)21(31)19-20(11-5-6-15(25)16(26)7-11)30(24(33)22(19)32)14-4-2-3-13(29)10-14/h2-10,20,31H,1H3/b21-19+. The molecule has 1 fully saturated rings. The second-order valence-electron chi connectivity index (χ2n) is 7.30. The lowest BCUT2D eigenvalue weighted by molar-refractivity contribution is -0.132. The first-order valence-corrected chi connectivity index (χ1v) is 11.2. The van der Waals surface area contributed by atoms with Crippen molar-refractivity contribution in [2.45, 2.75) is 6.04 Å². The second-order valence-corrected chi connectivity index (χ2v) is 8.92. The normalized spacial score (nSPS) is 17.4. The Kier molecular flexibility index (Phi) is 6.78. The Labute approximate surface area is 213 Å². The average Bonchev–Trinajstić information content (AvgIpc) is 3.05. The smallest absolute Gasteiger partial charge is 0.300 e. The van der Waals surface area contributed by atoms with Crippen molar-refractivity contribution in [1.29, 1.82) is 0 Å². The van der Waals surface area contributed by atoms with Gasteiger partial charge in [0.05, 0.1) is 38.8 Å². The van der Waals surface area contributed by atoms with E-state index in [0.29, 0.717) is 5.56 Å². The Morgan fingerprint density at radius 1 is 0.941 bits per heavy atom. The fourth-order valence-corrected chi connectivity index (χ4v) is 4.72. The molecule has 10 heteroatoms. The molecule has 1 heterocycles. The highest BCUT2D eigenvalue weighted by atomic mass is 35.5. The molecule has 1 N–H and O–H groups in total. The van der Waals surface area contributed by atoms with E-state index in [9.17, 15) is 19.1 Å². The highest BCUT2D eigenvalue weighted by molar-refractivity contribution is 6.52. The SMILES string of the molecule is COc1c(Cl)cc(/C(O)=C2\C(=O)C(=O)N(c3cccc(F)c3)C2c2ccc(Cl)c(Cl)c2)cc1Cl. The van der Waals surface area contributed by atoms with Gasteiger partial charge in [0.1, 0.15) is 11.6 Å². The summed E-state index contributed by atoms with van der Waals surface area (Å²) in [5.41, 5.74) is 0.302. The number of benzene rings is 3. The summed E-state index contributed by atoms with van der Waals surface area (Å²) in [6, 6.07) is 11.3. The number of aliphatic hydroxyl groups is 1. The van der Waals surface area contributed by atoms with Gasteiger partial charge in [-0.25, -0.2) is 4.39 Å². The van der Waals surface area contributed by atoms with Gasteiger partial charge in [-0.15, -0.1) is 0 Å². The van der Waals surface area contributed by atoms with Crippen molar-refractivity contribution in [3.8, 4) is 5.75 Å². The average molecular weight is 541 g/mol. The highest BCUT2D eigenvalue weighted by Gasteiger charge is 2.47. The van der Waals surface area contributed by atoms with Gasteiger partial charge in [-0.2, -0.15) is 0 Å². The van der Waals surface area contributed by atoms with E-state index in [4.69, 9.17) is 51.1 Å². The van der Waals surface area contributed by atoms with Crippen LogP contribution < -0.4 is 9.64 Å². The van der Waals surface area contributed by atoms with Gasteiger partial charge < -0.3 is 9.84 Å². The van der Waals surface area contributed by atoms with Crippen molar-refractivity contribution in [2.24, 2.45) is 0 Å². The Morgan fingerprint density at radius 2 is 1.62 bits per heavy atom. The molecule has 5 nitrogen and oxygen atoms in total. The summed E-state index contributed by atoms with van der Waals surface area (Å²) < 4.78 is 19.1. The first kappa shape index (κ1) is 24.4. The summed E-state index contributed by atoms with van der Waals surface area (Å²) in [5.74, 6) is -2.91. The number of amides is 1. The van der Waals surface area contributed by atoms with Crippen molar-refractivity contribution in [3.63, 3.8) is 0 Å². The molecule has 0 bridgehead atoms. The van der Waals surface area contributed by atoms with Crippen molar-refractivity contribution in [3.05, 3.63) is 97.2 Å². The van der Waals surface area contributed by atoms with Gasteiger partial charge in [0.2, 0.25) is 0 Å². The van der Waals surface area contributed by atoms with Gasteiger partial charge in [0.15, 0.2) is 5.75 Å². The third-order valence-electron chi connectivity index (χ3n) is 5.27. The number of hydrogen-bond acceptors (Lipinski definition) is 4. The van der Waals surface area contributed by atoms with Crippen LogP contribution in [-0.4, -0.2) is 23.9 Å². The number of rotatable bonds is 4. The number of hydrogen-bond donors (Lipinski definition) is 1. The zero-order chi connectivity index (χ0) is 24.7. The maximum Gasteiger partial charge on any atom is 0.300 e. The van der Waals surface area contributed by atoms with Gasteiger partial charge in [-0.1, -0.05) is 58.5 Å². The van der Waals surface area contributed by atoms with Crippen molar-refractivity contribution < 1.29 is 23.8 Å². The summed E-state index contributed by atoms with van der Waals surface area (Å²) in [7, 11) is 1.38. The van der Waals surface area contributed by atoms with Gasteiger partial charge in [0.25, 0.3) is 11.7 Å². The van der Waals surface area contributed by atoms with Crippen LogP contribution in [0.2, 0.25) is 20.1 Å². The number of halogens is 5. The maximum atomic E-state index is 14.0. The number of ketones is 1. The summed E-state index contributed by atoms with van der Waals surface area (Å²) in [6.07, 6.45) is 0. The molecule has 0 radical (unpaired) electrons. The number of anilines is 1. The summed E-state index contributed by atoms with van der Waals surface area (Å²) in [6.45, 7) is 0. The fourth-order valence-electron chi connectivity index (χ4n) is 3.77. The van der Waals surface area contributed by atoms with Crippen LogP contribution in [0.5, 0.6) is 5.75 Å². The summed E-state index contributed by atoms with van der Waals surface area (Å²) in [5, 5.41) is 11.8. The highest BCUT2D eigenvalue weighted by Crippen LogP contribution is 2.44. The van der Waals surface area contributed by atoms with E-state index in [-0.39, 0.29) is 42.7 Å². The molecule has 3 aromatic rings. The largest absolute Gasteiger partial charge is 0.507 e. The van der Waals surface area contributed by atoms with E-state index < -0.39 is 29.3 Å². The molecular formula is C24H14Cl4FNO4. The monoisotopic (exact) mass is 539 g/mol. The molecule has 1 aliphatic rings. The minimum absolute atomic E-state index is 0.0816. The number of carbonyl (C=O) groups is 2. The van der Waals surface area contributed by atoms with Crippen LogP contribution in [-0.2, 0) is 9.59 Å². The molecule has 0 spiro atoms. The van der Waals surface area contributed by atoms with E-state index in [1.54, 1.807) is 6.07 Å². The van der Waals surface area contributed by atoms with E-state index >= 15 is 0 Å². The van der Waals surface area contributed by atoms with Crippen molar-refractivity contribution in [1.82, 2.24) is 0 Å². The molecule has 3 aromatic carbocycles. The first-order chi connectivity index (χ1) is 16.1. The number of methoxy groups -OCH3 is 1. The van der Waals surface area contributed by atoms with Gasteiger partial charge in [0, 0.05) is 11.3 Å². The molecule has 1 aliphatic heterocycles. The van der Waals surface area contributed by atoms with Gasteiger partial charge in [-0.05, 0) is 48.0 Å². The molecule has 1 saturated heterocycles. The fraction of sp³-hybridized carbons (Fsp3) is 0.0833. The predicted octanol–water partition coefficient (Wildman–Crippen LogP) is 7.07. The lowest BCUT2D eigenvalue weighted by Crippen LogP contribution is -2.29. The Morgan fingerprint density at radius 3 is 2.21 bits per heavy atom. The molecule has 4 rings (SSSR count). The predicted molar refractivity (Wildman–Crippen MR) is 131 cm³/mol. The molecule has 0 aliphatic carbocycles. The minimum atomic E-state index is -1.14. The van der Waals surface area contributed by atoms with Gasteiger partial charge in [-0.3, -0.25) is 14.5 Å². The van der Waals surface area contributed by atoms with E-state index in [2.05, 4.69) is 0 Å². The van der Waals surface area contributed by atoms with Crippen LogP contribution in [0.3, 0.4) is 0 Å².